The third-order valence-electron chi connectivity index (χ3n) is 5.35. The first-order valence-electron chi connectivity index (χ1n) is 9.06. The molecule has 0 radical (unpaired) electrons. The largest absolute Gasteiger partial charge is 0.343 e. The lowest BCUT2D eigenvalue weighted by atomic mass is 9.98. The highest BCUT2D eigenvalue weighted by Gasteiger charge is 2.28. The van der Waals surface area contributed by atoms with Crippen molar-refractivity contribution < 1.29 is 4.79 Å². The maximum Gasteiger partial charge on any atom is 0.224 e. The predicted octanol–water partition coefficient (Wildman–Crippen LogP) is 2.55. The van der Waals surface area contributed by atoms with Crippen LogP contribution in [0.15, 0.2) is 30.3 Å². The van der Waals surface area contributed by atoms with Gasteiger partial charge in [-0.3, -0.25) is 4.79 Å². The van der Waals surface area contributed by atoms with E-state index in [4.69, 9.17) is 5.73 Å². The Morgan fingerprint density at radius 2 is 1.70 bits per heavy atom. The molecule has 126 valence electrons. The molecule has 23 heavy (non-hydrogen) atoms. The van der Waals surface area contributed by atoms with Gasteiger partial charge in [0.25, 0.3) is 0 Å². The molecule has 1 amide bonds. The molecule has 0 saturated carbocycles. The van der Waals surface area contributed by atoms with E-state index in [1.807, 2.05) is 35.2 Å². The highest BCUT2D eigenvalue weighted by atomic mass is 16.2. The second kappa shape index (κ2) is 7.93. The third kappa shape index (κ3) is 4.33. The Kier molecular flexibility index (Phi) is 5.68. The average molecular weight is 315 g/mol. The van der Waals surface area contributed by atoms with Crippen LogP contribution in [-0.2, 0) is 4.79 Å². The second-order valence-corrected chi connectivity index (χ2v) is 6.93. The molecule has 0 bridgehead atoms. The summed E-state index contributed by atoms with van der Waals surface area (Å²) in [6, 6.07) is 10.4. The molecule has 2 aliphatic heterocycles. The van der Waals surface area contributed by atoms with Crippen LogP contribution in [0.2, 0.25) is 0 Å². The molecule has 4 heteroatoms. The van der Waals surface area contributed by atoms with Gasteiger partial charge in [0.2, 0.25) is 5.91 Å². The Hall–Kier alpha value is -1.39. The summed E-state index contributed by atoms with van der Waals surface area (Å²) in [5.41, 5.74) is 7.24. The van der Waals surface area contributed by atoms with E-state index < -0.39 is 0 Å². The number of nitrogens with two attached hydrogens (primary N) is 1. The van der Waals surface area contributed by atoms with Gasteiger partial charge in [-0.1, -0.05) is 36.8 Å². The van der Waals surface area contributed by atoms with Crippen molar-refractivity contribution in [3.05, 3.63) is 35.9 Å². The van der Waals surface area contributed by atoms with Crippen LogP contribution >= 0.6 is 0 Å². The number of carbonyl (C=O) groups excluding carboxylic acids is 1. The van der Waals surface area contributed by atoms with Crippen LogP contribution in [0.25, 0.3) is 0 Å². The Morgan fingerprint density at radius 1 is 1.04 bits per heavy atom. The van der Waals surface area contributed by atoms with Gasteiger partial charge in [-0.05, 0) is 44.3 Å². The van der Waals surface area contributed by atoms with E-state index in [9.17, 15) is 4.79 Å². The van der Waals surface area contributed by atoms with Crippen LogP contribution in [0.4, 0.5) is 0 Å². The van der Waals surface area contributed by atoms with Gasteiger partial charge >= 0.3 is 0 Å². The highest BCUT2D eigenvalue weighted by molar-refractivity contribution is 5.77. The molecule has 2 heterocycles. The van der Waals surface area contributed by atoms with Crippen molar-refractivity contribution in [2.24, 2.45) is 5.73 Å². The lowest BCUT2D eigenvalue weighted by Gasteiger charge is -2.40. The maximum absolute atomic E-state index is 12.5. The Labute approximate surface area is 139 Å². The highest BCUT2D eigenvalue weighted by Crippen LogP contribution is 2.22. The molecule has 1 atom stereocenters. The fourth-order valence-electron chi connectivity index (χ4n) is 3.90. The van der Waals surface area contributed by atoms with Gasteiger partial charge < -0.3 is 15.5 Å². The van der Waals surface area contributed by atoms with Gasteiger partial charge in [0, 0.05) is 31.6 Å². The molecule has 0 aromatic heterocycles. The summed E-state index contributed by atoms with van der Waals surface area (Å²) in [5.74, 6) is 0.207. The SMILES string of the molecule is NC(CC(=O)N1CCC(N2CCCCC2)CC1)c1ccccc1. The molecule has 3 rings (SSSR count). The zero-order valence-corrected chi connectivity index (χ0v) is 14.0. The molecule has 1 unspecified atom stereocenters. The maximum atomic E-state index is 12.5. The van der Waals surface area contributed by atoms with E-state index in [-0.39, 0.29) is 11.9 Å². The summed E-state index contributed by atoms with van der Waals surface area (Å²) in [6.45, 7) is 4.28. The Morgan fingerprint density at radius 3 is 2.35 bits per heavy atom. The fraction of sp³-hybridized carbons (Fsp3) is 0.632. The number of likely N-dealkylation sites (tertiary alicyclic amines) is 2. The van der Waals surface area contributed by atoms with Crippen LogP contribution in [0.1, 0.15) is 50.1 Å². The van der Waals surface area contributed by atoms with Gasteiger partial charge in [0.15, 0.2) is 0 Å². The molecule has 2 N–H and O–H groups in total. The molecule has 2 fully saturated rings. The minimum absolute atomic E-state index is 0.191. The van der Waals surface area contributed by atoms with Crippen LogP contribution in [0, 0.1) is 0 Å². The first-order chi connectivity index (χ1) is 11.2. The molecule has 1 aromatic carbocycles. The number of amides is 1. The van der Waals surface area contributed by atoms with Crippen molar-refractivity contribution >= 4 is 5.91 Å². The molecule has 0 spiro atoms. The van der Waals surface area contributed by atoms with E-state index >= 15 is 0 Å². The van der Waals surface area contributed by atoms with Crippen molar-refractivity contribution in [3.8, 4) is 0 Å². The summed E-state index contributed by atoms with van der Waals surface area (Å²) in [6.07, 6.45) is 6.71. The number of carbonyl (C=O) groups is 1. The number of hydrogen-bond acceptors (Lipinski definition) is 3. The minimum atomic E-state index is -0.191. The lowest BCUT2D eigenvalue weighted by Crippen LogP contribution is -2.48. The van der Waals surface area contributed by atoms with Crippen molar-refractivity contribution in [1.82, 2.24) is 9.80 Å². The Balaban J connectivity index is 1.46. The van der Waals surface area contributed by atoms with E-state index in [2.05, 4.69) is 4.90 Å². The number of piperidine rings is 2. The van der Waals surface area contributed by atoms with Gasteiger partial charge in [0.1, 0.15) is 0 Å². The molecular weight excluding hydrogens is 286 g/mol. The van der Waals surface area contributed by atoms with Crippen LogP contribution < -0.4 is 5.73 Å². The molecule has 2 aliphatic rings. The summed E-state index contributed by atoms with van der Waals surface area (Å²) in [4.78, 5) is 17.2. The number of benzene rings is 1. The molecule has 4 nitrogen and oxygen atoms in total. The zero-order chi connectivity index (χ0) is 16.1. The normalized spacial score (nSPS) is 22.0. The lowest BCUT2D eigenvalue weighted by molar-refractivity contribution is -0.133. The average Bonchev–Trinajstić information content (AvgIpc) is 2.63. The summed E-state index contributed by atoms with van der Waals surface area (Å²) in [7, 11) is 0. The van der Waals surface area contributed by atoms with Crippen molar-refractivity contribution in [2.75, 3.05) is 26.2 Å². The molecule has 0 aliphatic carbocycles. The number of nitrogens with zero attached hydrogens (tertiary/aromatic N) is 2. The van der Waals surface area contributed by atoms with Crippen molar-refractivity contribution in [3.63, 3.8) is 0 Å². The smallest absolute Gasteiger partial charge is 0.224 e. The fourth-order valence-corrected chi connectivity index (χ4v) is 3.90. The number of rotatable bonds is 4. The minimum Gasteiger partial charge on any atom is -0.343 e. The second-order valence-electron chi connectivity index (χ2n) is 6.93. The number of hydrogen-bond donors (Lipinski definition) is 1. The topological polar surface area (TPSA) is 49.6 Å². The van der Waals surface area contributed by atoms with Crippen LogP contribution in [0.3, 0.4) is 0 Å². The van der Waals surface area contributed by atoms with Gasteiger partial charge in [0.05, 0.1) is 0 Å². The van der Waals surface area contributed by atoms with Crippen LogP contribution in [0.5, 0.6) is 0 Å². The van der Waals surface area contributed by atoms with Gasteiger partial charge in [-0.15, -0.1) is 0 Å². The van der Waals surface area contributed by atoms with Crippen LogP contribution in [-0.4, -0.2) is 47.9 Å². The van der Waals surface area contributed by atoms with Crippen molar-refractivity contribution in [2.45, 2.75) is 50.6 Å². The van der Waals surface area contributed by atoms with Gasteiger partial charge in [-0.2, -0.15) is 0 Å². The first-order valence-corrected chi connectivity index (χ1v) is 9.06. The van der Waals surface area contributed by atoms with E-state index in [1.165, 1.54) is 32.4 Å². The van der Waals surface area contributed by atoms with E-state index in [0.717, 1.165) is 31.5 Å². The predicted molar refractivity (Wildman–Crippen MR) is 93.0 cm³/mol. The standard InChI is InChI=1S/C19H29N3O/c20-18(16-7-3-1-4-8-16)15-19(23)22-13-9-17(10-14-22)21-11-5-2-6-12-21/h1,3-4,7-8,17-18H,2,5-6,9-15,20H2. The van der Waals surface area contributed by atoms with E-state index in [0.29, 0.717) is 12.5 Å². The van der Waals surface area contributed by atoms with Crippen molar-refractivity contribution in [1.29, 1.82) is 0 Å². The summed E-state index contributed by atoms with van der Waals surface area (Å²) >= 11 is 0. The van der Waals surface area contributed by atoms with Gasteiger partial charge in [-0.25, -0.2) is 0 Å². The molecular formula is C19H29N3O. The van der Waals surface area contributed by atoms with E-state index in [1.54, 1.807) is 0 Å². The summed E-state index contributed by atoms with van der Waals surface area (Å²) in [5, 5.41) is 0. The molecule has 1 aromatic rings. The zero-order valence-electron chi connectivity index (χ0n) is 14.0. The molecule has 2 saturated heterocycles. The monoisotopic (exact) mass is 315 g/mol. The third-order valence-corrected chi connectivity index (χ3v) is 5.35. The summed E-state index contributed by atoms with van der Waals surface area (Å²) < 4.78 is 0. The quantitative estimate of drug-likeness (QED) is 0.929. The first kappa shape index (κ1) is 16.5. The Bertz CT molecular complexity index is 491.